The Morgan fingerprint density at radius 2 is 2.12 bits per heavy atom. The van der Waals surface area contributed by atoms with E-state index in [0.717, 1.165) is 0 Å². The predicted molar refractivity (Wildman–Crippen MR) is 28.0 cm³/mol. The van der Waals surface area contributed by atoms with Gasteiger partial charge in [0.15, 0.2) is 0 Å². The van der Waals surface area contributed by atoms with E-state index in [1.54, 1.807) is 0 Å². The second kappa shape index (κ2) is 3.57. The molecule has 0 bridgehead atoms. The van der Waals surface area contributed by atoms with Gasteiger partial charge in [0, 0.05) is 6.42 Å². The minimum atomic E-state index is -0.951. The zero-order chi connectivity index (χ0) is 6.57. The van der Waals surface area contributed by atoms with Crippen LogP contribution in [0, 0.1) is 0 Å². The van der Waals surface area contributed by atoms with Crippen molar-refractivity contribution in [3.8, 4) is 0 Å². The molecular formula is C5H9O3. The summed E-state index contributed by atoms with van der Waals surface area (Å²) in [5.41, 5.74) is 0. The van der Waals surface area contributed by atoms with E-state index in [1.165, 1.54) is 13.2 Å². The maximum atomic E-state index is 9.52. The average molecular weight is 117 g/mol. The van der Waals surface area contributed by atoms with Crippen molar-refractivity contribution in [1.29, 1.82) is 0 Å². The van der Waals surface area contributed by atoms with E-state index in [1.807, 2.05) is 0 Å². The summed E-state index contributed by atoms with van der Waals surface area (Å²) in [7, 11) is 0. The van der Waals surface area contributed by atoms with Gasteiger partial charge in [0.1, 0.15) is 0 Å². The van der Waals surface area contributed by atoms with Crippen LogP contribution in [0.15, 0.2) is 0 Å². The Hall–Kier alpha value is -0.410. The van der Waals surface area contributed by atoms with Gasteiger partial charge in [0.2, 0.25) is 6.29 Å². The van der Waals surface area contributed by atoms with Gasteiger partial charge in [-0.05, 0) is 6.92 Å². The van der Waals surface area contributed by atoms with E-state index in [0.29, 0.717) is 0 Å². The lowest BCUT2D eigenvalue weighted by Crippen LogP contribution is -2.22. The first-order valence-corrected chi connectivity index (χ1v) is 2.39. The zero-order valence-electron chi connectivity index (χ0n) is 4.66. The van der Waals surface area contributed by atoms with E-state index in [2.05, 4.69) is 0 Å². The van der Waals surface area contributed by atoms with Crippen LogP contribution in [0.2, 0.25) is 0 Å². The van der Waals surface area contributed by atoms with Gasteiger partial charge in [0.25, 0.3) is 0 Å². The highest BCUT2D eigenvalue weighted by Gasteiger charge is 2.08. The lowest BCUT2D eigenvalue weighted by Gasteiger charge is -2.07. The van der Waals surface area contributed by atoms with Gasteiger partial charge < -0.3 is 10.2 Å². The molecule has 0 fully saturated rings. The van der Waals surface area contributed by atoms with Crippen molar-refractivity contribution < 1.29 is 15.0 Å². The molecule has 3 nitrogen and oxygen atoms in total. The van der Waals surface area contributed by atoms with Crippen molar-refractivity contribution >= 4 is 6.29 Å². The molecule has 0 saturated heterocycles. The Bertz CT molecular complexity index is 70.1. The van der Waals surface area contributed by atoms with E-state index in [4.69, 9.17) is 10.2 Å². The summed E-state index contributed by atoms with van der Waals surface area (Å²) >= 11 is 0. The third-order valence-electron chi connectivity index (χ3n) is 0.849. The number of hydrogen-bond acceptors (Lipinski definition) is 3. The molecule has 47 valence electrons. The minimum Gasteiger partial charge on any atom is -0.391 e. The lowest BCUT2D eigenvalue weighted by molar-refractivity contribution is 0.0360. The molecular weight excluding hydrogens is 108 g/mol. The molecule has 0 aromatic rings. The molecule has 3 heteroatoms. The summed E-state index contributed by atoms with van der Waals surface area (Å²) in [6.45, 7) is 1.42. The van der Waals surface area contributed by atoms with Gasteiger partial charge in [-0.2, -0.15) is 0 Å². The maximum absolute atomic E-state index is 9.52. The third kappa shape index (κ3) is 2.71. The summed E-state index contributed by atoms with van der Waals surface area (Å²) in [4.78, 5) is 9.52. The molecule has 2 unspecified atom stereocenters. The highest BCUT2D eigenvalue weighted by molar-refractivity contribution is 5.51. The molecule has 0 aliphatic carbocycles. The van der Waals surface area contributed by atoms with Crippen molar-refractivity contribution in [3.05, 3.63) is 0 Å². The number of carbonyl (C=O) groups excluding carboxylic acids is 1. The van der Waals surface area contributed by atoms with Crippen LogP contribution < -0.4 is 0 Å². The monoisotopic (exact) mass is 117 g/mol. The molecule has 0 rings (SSSR count). The Labute approximate surface area is 47.9 Å². The fraction of sp³-hybridized carbons (Fsp3) is 0.800. The normalized spacial score (nSPS) is 17.4. The maximum Gasteiger partial charge on any atom is 0.201 e. The Kier molecular flexibility index (Phi) is 3.39. The highest BCUT2D eigenvalue weighted by atomic mass is 16.3. The molecule has 2 N–H and O–H groups in total. The van der Waals surface area contributed by atoms with E-state index < -0.39 is 12.2 Å². The minimum absolute atomic E-state index is 0.113. The van der Waals surface area contributed by atoms with Gasteiger partial charge in [0.05, 0.1) is 12.2 Å². The molecule has 0 spiro atoms. The quantitative estimate of drug-likeness (QED) is 0.510. The molecule has 0 amide bonds. The molecule has 0 aliphatic rings. The van der Waals surface area contributed by atoms with E-state index >= 15 is 0 Å². The molecule has 0 aromatic heterocycles. The Morgan fingerprint density at radius 3 is 2.25 bits per heavy atom. The van der Waals surface area contributed by atoms with Gasteiger partial charge in [-0.25, -0.2) is 0 Å². The molecule has 0 saturated carbocycles. The predicted octanol–water partition coefficient (Wildman–Crippen LogP) is -0.772. The van der Waals surface area contributed by atoms with Crippen LogP contribution in [0.5, 0.6) is 0 Å². The SMILES string of the molecule is CC(O)C(O)C[C]=O. The second-order valence-corrected chi connectivity index (χ2v) is 1.66. The molecule has 8 heavy (non-hydrogen) atoms. The van der Waals surface area contributed by atoms with Crippen LogP contribution >= 0.6 is 0 Å². The first-order valence-electron chi connectivity index (χ1n) is 2.39. The van der Waals surface area contributed by atoms with Crippen molar-refractivity contribution in [2.45, 2.75) is 25.6 Å². The smallest absolute Gasteiger partial charge is 0.201 e. The van der Waals surface area contributed by atoms with Crippen molar-refractivity contribution in [2.24, 2.45) is 0 Å². The van der Waals surface area contributed by atoms with Gasteiger partial charge in [-0.15, -0.1) is 0 Å². The van der Waals surface area contributed by atoms with Gasteiger partial charge in [-0.3, -0.25) is 4.79 Å². The van der Waals surface area contributed by atoms with Crippen LogP contribution in [0.1, 0.15) is 13.3 Å². The first-order chi connectivity index (χ1) is 3.68. The largest absolute Gasteiger partial charge is 0.391 e. The number of hydrogen-bond donors (Lipinski definition) is 2. The summed E-state index contributed by atoms with van der Waals surface area (Å²) in [6.07, 6.45) is -0.413. The number of rotatable bonds is 3. The summed E-state index contributed by atoms with van der Waals surface area (Å²) < 4.78 is 0. The van der Waals surface area contributed by atoms with Crippen LogP contribution in [-0.2, 0) is 4.79 Å². The summed E-state index contributed by atoms with van der Waals surface area (Å²) in [5, 5.41) is 17.1. The molecule has 0 heterocycles. The van der Waals surface area contributed by atoms with Crippen molar-refractivity contribution in [2.75, 3.05) is 0 Å². The topological polar surface area (TPSA) is 57.5 Å². The second-order valence-electron chi connectivity index (χ2n) is 1.66. The highest BCUT2D eigenvalue weighted by Crippen LogP contribution is 1.93. The number of aliphatic hydroxyl groups excluding tert-OH is 2. The van der Waals surface area contributed by atoms with E-state index in [9.17, 15) is 4.79 Å². The summed E-state index contributed by atoms with van der Waals surface area (Å²) in [6, 6.07) is 0. The fourth-order valence-corrected chi connectivity index (χ4v) is 0.256. The zero-order valence-corrected chi connectivity index (χ0v) is 4.66. The van der Waals surface area contributed by atoms with Crippen LogP contribution in [0.25, 0.3) is 0 Å². The van der Waals surface area contributed by atoms with Crippen LogP contribution in [-0.4, -0.2) is 28.7 Å². The van der Waals surface area contributed by atoms with Gasteiger partial charge >= 0.3 is 0 Å². The average Bonchev–Trinajstić information content (AvgIpc) is 1.67. The van der Waals surface area contributed by atoms with Crippen molar-refractivity contribution in [1.82, 2.24) is 0 Å². The number of aliphatic hydroxyl groups is 2. The lowest BCUT2D eigenvalue weighted by atomic mass is 10.2. The first kappa shape index (κ1) is 7.59. The fourth-order valence-electron chi connectivity index (χ4n) is 0.256. The van der Waals surface area contributed by atoms with Gasteiger partial charge in [-0.1, -0.05) is 0 Å². The molecule has 0 aromatic carbocycles. The van der Waals surface area contributed by atoms with Crippen LogP contribution in [0.4, 0.5) is 0 Å². The van der Waals surface area contributed by atoms with Crippen molar-refractivity contribution in [3.63, 3.8) is 0 Å². The summed E-state index contributed by atoms with van der Waals surface area (Å²) in [5.74, 6) is 0. The van der Waals surface area contributed by atoms with Crippen LogP contribution in [0.3, 0.4) is 0 Å². The molecule has 2 atom stereocenters. The third-order valence-corrected chi connectivity index (χ3v) is 0.849. The standard InChI is InChI=1S/C5H9O3/c1-4(7)5(8)2-3-6/h4-5,7-8H,2H2,1H3. The van der Waals surface area contributed by atoms with E-state index in [-0.39, 0.29) is 6.42 Å². The Balaban J connectivity index is 3.30. The molecule has 0 aliphatic heterocycles. The molecule has 1 radical (unpaired) electrons. The Morgan fingerprint density at radius 1 is 1.62 bits per heavy atom.